The maximum Gasteiger partial charge on any atom is 0.246 e. The smallest absolute Gasteiger partial charge is 0.246 e. The van der Waals surface area contributed by atoms with E-state index in [0.717, 1.165) is 28.4 Å². The Kier molecular flexibility index (Phi) is 3.64. The fourth-order valence-corrected chi connectivity index (χ4v) is 2.57. The lowest BCUT2D eigenvalue weighted by molar-refractivity contribution is 0.383. The highest BCUT2D eigenvalue weighted by Gasteiger charge is 2.13. The van der Waals surface area contributed by atoms with Crippen molar-refractivity contribution in [3.63, 3.8) is 0 Å². The van der Waals surface area contributed by atoms with E-state index in [0.29, 0.717) is 24.0 Å². The van der Waals surface area contributed by atoms with E-state index in [9.17, 15) is 0 Å². The van der Waals surface area contributed by atoms with Gasteiger partial charge in [-0.1, -0.05) is 11.2 Å². The van der Waals surface area contributed by atoms with E-state index in [2.05, 4.69) is 30.5 Å². The van der Waals surface area contributed by atoms with Gasteiger partial charge in [-0.2, -0.15) is 14.6 Å². The van der Waals surface area contributed by atoms with Crippen LogP contribution >= 0.6 is 0 Å². The molecule has 0 fully saturated rings. The fourth-order valence-electron chi connectivity index (χ4n) is 2.57. The van der Waals surface area contributed by atoms with Crippen molar-refractivity contribution in [3.05, 3.63) is 53.3 Å². The molecular formula is C17H17N7O. The second-order valence-corrected chi connectivity index (χ2v) is 5.81. The molecule has 1 N–H and O–H groups in total. The predicted molar refractivity (Wildman–Crippen MR) is 92.1 cm³/mol. The van der Waals surface area contributed by atoms with Crippen molar-refractivity contribution >= 4 is 11.5 Å². The van der Waals surface area contributed by atoms with Gasteiger partial charge in [0.1, 0.15) is 11.5 Å². The van der Waals surface area contributed by atoms with Gasteiger partial charge in [-0.05, 0) is 32.9 Å². The SMILES string of the molecule is Cc1cc(NCc2nc(-c3ccccn3)no2)n2nc(C)c(C)c2n1. The lowest BCUT2D eigenvalue weighted by Gasteiger charge is -2.07. The van der Waals surface area contributed by atoms with Crippen LogP contribution in [0.15, 0.2) is 35.0 Å². The molecule has 0 radical (unpaired) electrons. The van der Waals surface area contributed by atoms with Crippen molar-refractivity contribution in [2.45, 2.75) is 27.3 Å². The quantitative estimate of drug-likeness (QED) is 0.612. The van der Waals surface area contributed by atoms with Crippen LogP contribution in [-0.2, 0) is 6.54 Å². The molecule has 4 rings (SSSR count). The molecule has 0 saturated heterocycles. The number of nitrogens with zero attached hydrogens (tertiary/aromatic N) is 6. The van der Waals surface area contributed by atoms with Crippen LogP contribution < -0.4 is 5.32 Å². The molecule has 4 aromatic heterocycles. The van der Waals surface area contributed by atoms with E-state index in [-0.39, 0.29) is 0 Å². The first-order chi connectivity index (χ1) is 12.1. The van der Waals surface area contributed by atoms with Crippen molar-refractivity contribution in [1.82, 2.24) is 29.7 Å². The Bertz CT molecular complexity index is 1040. The summed E-state index contributed by atoms with van der Waals surface area (Å²) in [5.41, 5.74) is 4.47. The Labute approximate surface area is 143 Å². The zero-order valence-electron chi connectivity index (χ0n) is 14.2. The first-order valence-electron chi connectivity index (χ1n) is 7.93. The zero-order valence-corrected chi connectivity index (χ0v) is 14.2. The molecule has 8 nitrogen and oxygen atoms in total. The van der Waals surface area contributed by atoms with Gasteiger partial charge in [0.15, 0.2) is 5.65 Å². The van der Waals surface area contributed by atoms with Crippen LogP contribution in [0.25, 0.3) is 17.2 Å². The maximum absolute atomic E-state index is 5.30. The number of pyridine rings is 1. The fraction of sp³-hybridized carbons (Fsp3) is 0.235. The monoisotopic (exact) mass is 335 g/mol. The van der Waals surface area contributed by atoms with Crippen molar-refractivity contribution in [2.24, 2.45) is 0 Å². The van der Waals surface area contributed by atoms with Crippen LogP contribution in [0, 0.1) is 20.8 Å². The highest BCUT2D eigenvalue weighted by atomic mass is 16.5. The number of aromatic nitrogens is 6. The van der Waals surface area contributed by atoms with Gasteiger partial charge in [-0.3, -0.25) is 4.98 Å². The Morgan fingerprint density at radius 3 is 2.84 bits per heavy atom. The lowest BCUT2D eigenvalue weighted by atomic mass is 10.3. The minimum absolute atomic E-state index is 0.385. The summed E-state index contributed by atoms with van der Waals surface area (Å²) in [6, 6.07) is 7.51. The van der Waals surface area contributed by atoms with Gasteiger partial charge in [0.05, 0.1) is 12.2 Å². The summed E-state index contributed by atoms with van der Waals surface area (Å²) in [6.45, 7) is 6.33. The molecule has 0 aliphatic carbocycles. The molecule has 0 atom stereocenters. The average molecular weight is 335 g/mol. The number of aryl methyl sites for hydroxylation is 3. The normalized spacial score (nSPS) is 11.2. The van der Waals surface area contributed by atoms with E-state index in [4.69, 9.17) is 4.52 Å². The third-order valence-corrected chi connectivity index (χ3v) is 3.97. The molecule has 0 aromatic carbocycles. The predicted octanol–water partition coefficient (Wildman–Crippen LogP) is 2.71. The molecule has 0 aliphatic rings. The average Bonchev–Trinajstić information content (AvgIpc) is 3.20. The van der Waals surface area contributed by atoms with E-state index in [1.54, 1.807) is 10.7 Å². The molecule has 0 bridgehead atoms. The number of hydrogen-bond acceptors (Lipinski definition) is 7. The Balaban J connectivity index is 1.59. The minimum Gasteiger partial charge on any atom is -0.361 e. The Morgan fingerprint density at radius 1 is 1.16 bits per heavy atom. The zero-order chi connectivity index (χ0) is 17.4. The molecule has 4 heterocycles. The molecule has 0 spiro atoms. The van der Waals surface area contributed by atoms with Crippen molar-refractivity contribution in [1.29, 1.82) is 0 Å². The van der Waals surface area contributed by atoms with Crippen molar-refractivity contribution in [3.8, 4) is 11.5 Å². The maximum atomic E-state index is 5.30. The van der Waals surface area contributed by atoms with Gasteiger partial charge in [-0.25, -0.2) is 4.98 Å². The molecule has 126 valence electrons. The topological polar surface area (TPSA) is 94.0 Å². The minimum atomic E-state index is 0.385. The number of rotatable bonds is 4. The van der Waals surface area contributed by atoms with Gasteiger partial charge in [-0.15, -0.1) is 0 Å². The van der Waals surface area contributed by atoms with Crippen LogP contribution in [0.3, 0.4) is 0 Å². The Hall–Kier alpha value is -3.29. The summed E-state index contributed by atoms with van der Waals surface area (Å²) < 4.78 is 7.10. The molecule has 8 heteroatoms. The molecule has 25 heavy (non-hydrogen) atoms. The molecule has 4 aromatic rings. The van der Waals surface area contributed by atoms with Crippen molar-refractivity contribution < 1.29 is 4.52 Å². The van der Waals surface area contributed by atoms with Crippen LogP contribution in [0.2, 0.25) is 0 Å². The Morgan fingerprint density at radius 2 is 2.04 bits per heavy atom. The van der Waals surface area contributed by atoms with Gasteiger partial charge in [0, 0.05) is 23.5 Å². The van der Waals surface area contributed by atoms with E-state index >= 15 is 0 Å². The van der Waals surface area contributed by atoms with Crippen LogP contribution in [0.4, 0.5) is 5.82 Å². The summed E-state index contributed by atoms with van der Waals surface area (Å²) in [4.78, 5) is 13.1. The molecular weight excluding hydrogens is 318 g/mol. The van der Waals surface area contributed by atoms with E-state index in [1.807, 2.05) is 45.0 Å². The van der Waals surface area contributed by atoms with Crippen LogP contribution in [-0.4, -0.2) is 29.7 Å². The second-order valence-electron chi connectivity index (χ2n) is 5.81. The van der Waals surface area contributed by atoms with Gasteiger partial charge in [0.2, 0.25) is 11.7 Å². The number of hydrogen-bond donors (Lipinski definition) is 1. The molecule has 0 amide bonds. The summed E-state index contributed by atoms with van der Waals surface area (Å²) >= 11 is 0. The largest absolute Gasteiger partial charge is 0.361 e. The first kappa shape index (κ1) is 15.3. The highest BCUT2D eigenvalue weighted by Crippen LogP contribution is 2.19. The number of fused-ring (bicyclic) bond motifs is 1. The first-order valence-corrected chi connectivity index (χ1v) is 7.93. The summed E-state index contributed by atoms with van der Waals surface area (Å²) in [7, 11) is 0. The highest BCUT2D eigenvalue weighted by molar-refractivity contribution is 5.56. The molecule has 0 aliphatic heterocycles. The van der Waals surface area contributed by atoms with Gasteiger partial charge < -0.3 is 9.84 Å². The summed E-state index contributed by atoms with van der Waals surface area (Å²) in [5, 5.41) is 11.8. The summed E-state index contributed by atoms with van der Waals surface area (Å²) in [6.07, 6.45) is 1.70. The summed E-state index contributed by atoms with van der Waals surface area (Å²) in [5.74, 6) is 1.78. The number of nitrogens with one attached hydrogen (secondary N) is 1. The van der Waals surface area contributed by atoms with Crippen LogP contribution in [0.5, 0.6) is 0 Å². The lowest BCUT2D eigenvalue weighted by Crippen LogP contribution is -2.07. The third kappa shape index (κ3) is 2.82. The van der Waals surface area contributed by atoms with Crippen LogP contribution in [0.1, 0.15) is 22.8 Å². The standard InChI is InChI=1S/C17H17N7O/c1-10-8-14(24-17(20-10)11(2)12(3)22-24)19-9-15-21-16(23-25-15)13-6-4-5-7-18-13/h4-8,19H,9H2,1-3H3. The number of anilines is 1. The molecule has 0 unspecified atom stereocenters. The third-order valence-electron chi connectivity index (χ3n) is 3.97. The second kappa shape index (κ2) is 5.97. The van der Waals surface area contributed by atoms with Gasteiger partial charge >= 0.3 is 0 Å². The van der Waals surface area contributed by atoms with E-state index < -0.39 is 0 Å². The van der Waals surface area contributed by atoms with E-state index in [1.165, 1.54) is 0 Å². The van der Waals surface area contributed by atoms with Crippen molar-refractivity contribution in [2.75, 3.05) is 5.32 Å². The molecule has 0 saturated carbocycles. The van der Waals surface area contributed by atoms with Gasteiger partial charge in [0.25, 0.3) is 0 Å².